The molecule has 2 heteroatoms. The lowest BCUT2D eigenvalue weighted by Gasteiger charge is -2.44. The zero-order valence-corrected chi connectivity index (χ0v) is 11.1. The van der Waals surface area contributed by atoms with E-state index in [0.717, 1.165) is 31.0 Å². The summed E-state index contributed by atoms with van der Waals surface area (Å²) in [6.07, 6.45) is 5.50. The average molecular weight is 225 g/mol. The minimum Gasteiger partial charge on any atom is -0.381 e. The highest BCUT2D eigenvalue weighted by molar-refractivity contribution is 4.89. The summed E-state index contributed by atoms with van der Waals surface area (Å²) >= 11 is 0. The Labute approximate surface area is 100 Å². The van der Waals surface area contributed by atoms with Gasteiger partial charge in [0.25, 0.3) is 0 Å². The summed E-state index contributed by atoms with van der Waals surface area (Å²) < 4.78 is 5.45. The molecule has 1 aliphatic heterocycles. The molecule has 0 spiro atoms. The van der Waals surface area contributed by atoms with Crippen molar-refractivity contribution in [3.8, 4) is 0 Å². The summed E-state index contributed by atoms with van der Waals surface area (Å²) in [6.45, 7) is 9.99. The molecule has 94 valence electrons. The monoisotopic (exact) mass is 225 g/mol. The van der Waals surface area contributed by atoms with Crippen LogP contribution in [0.1, 0.15) is 46.5 Å². The van der Waals surface area contributed by atoms with Crippen LogP contribution < -0.4 is 5.32 Å². The Kier molecular flexibility index (Phi) is 3.91. The SMILES string of the molecule is CC(C)(C)NCC1CCC1C1CCOCC1. The molecule has 0 amide bonds. The zero-order chi connectivity index (χ0) is 11.6. The van der Waals surface area contributed by atoms with Gasteiger partial charge in [-0.2, -0.15) is 0 Å². The second-order valence-corrected chi connectivity index (χ2v) is 6.58. The Morgan fingerprint density at radius 1 is 1.06 bits per heavy atom. The van der Waals surface area contributed by atoms with Gasteiger partial charge in [0.05, 0.1) is 0 Å². The van der Waals surface area contributed by atoms with Gasteiger partial charge in [-0.1, -0.05) is 0 Å². The highest BCUT2D eigenvalue weighted by atomic mass is 16.5. The maximum Gasteiger partial charge on any atom is 0.0468 e. The Hall–Kier alpha value is -0.0800. The maximum absolute atomic E-state index is 5.45. The maximum atomic E-state index is 5.45. The van der Waals surface area contributed by atoms with E-state index in [1.54, 1.807) is 0 Å². The van der Waals surface area contributed by atoms with Gasteiger partial charge in [-0.05, 0) is 70.8 Å². The van der Waals surface area contributed by atoms with Gasteiger partial charge in [0.15, 0.2) is 0 Å². The van der Waals surface area contributed by atoms with Gasteiger partial charge in [0.1, 0.15) is 0 Å². The number of hydrogen-bond donors (Lipinski definition) is 1. The number of hydrogen-bond acceptors (Lipinski definition) is 2. The van der Waals surface area contributed by atoms with Crippen LogP contribution in [0.25, 0.3) is 0 Å². The summed E-state index contributed by atoms with van der Waals surface area (Å²) in [7, 11) is 0. The molecule has 2 nitrogen and oxygen atoms in total. The molecule has 2 atom stereocenters. The standard InChI is InChI=1S/C14H27NO/c1-14(2,3)15-10-12-4-5-13(12)11-6-8-16-9-7-11/h11-13,15H,4-10H2,1-3H3. The van der Waals surface area contributed by atoms with Crippen molar-refractivity contribution in [2.75, 3.05) is 19.8 Å². The smallest absolute Gasteiger partial charge is 0.0468 e. The molecule has 2 unspecified atom stereocenters. The van der Waals surface area contributed by atoms with E-state index in [-0.39, 0.29) is 5.54 Å². The third-order valence-electron chi connectivity index (χ3n) is 4.24. The van der Waals surface area contributed by atoms with Crippen molar-refractivity contribution in [3.63, 3.8) is 0 Å². The van der Waals surface area contributed by atoms with Crippen LogP contribution in [0.4, 0.5) is 0 Å². The first-order chi connectivity index (χ1) is 7.56. The molecule has 1 saturated carbocycles. The molecule has 1 N–H and O–H groups in total. The number of rotatable bonds is 3. The van der Waals surface area contributed by atoms with Gasteiger partial charge in [-0.25, -0.2) is 0 Å². The van der Waals surface area contributed by atoms with Crippen molar-refractivity contribution < 1.29 is 4.74 Å². The Balaban J connectivity index is 1.74. The molecule has 16 heavy (non-hydrogen) atoms. The van der Waals surface area contributed by atoms with E-state index in [9.17, 15) is 0 Å². The first-order valence-electron chi connectivity index (χ1n) is 6.89. The molecule has 0 bridgehead atoms. The number of nitrogens with one attached hydrogen (secondary N) is 1. The summed E-state index contributed by atoms with van der Waals surface area (Å²) in [5, 5.41) is 3.66. The number of ether oxygens (including phenoxy) is 1. The van der Waals surface area contributed by atoms with Crippen LogP contribution in [-0.2, 0) is 4.74 Å². The van der Waals surface area contributed by atoms with E-state index in [1.165, 1.54) is 32.2 Å². The predicted octanol–water partition coefficient (Wildman–Crippen LogP) is 2.83. The quantitative estimate of drug-likeness (QED) is 0.797. The fraction of sp³-hybridized carbons (Fsp3) is 1.00. The molecule has 0 aromatic rings. The third-order valence-corrected chi connectivity index (χ3v) is 4.24. The van der Waals surface area contributed by atoms with Crippen LogP contribution in [0.3, 0.4) is 0 Å². The van der Waals surface area contributed by atoms with Crippen LogP contribution in [0.15, 0.2) is 0 Å². The minimum atomic E-state index is 0.274. The lowest BCUT2D eigenvalue weighted by molar-refractivity contribution is 0.00235. The molecule has 0 aromatic carbocycles. The molecular formula is C14H27NO. The normalized spacial score (nSPS) is 32.4. The fourth-order valence-electron chi connectivity index (χ4n) is 3.05. The van der Waals surface area contributed by atoms with Crippen LogP contribution in [0, 0.1) is 17.8 Å². The van der Waals surface area contributed by atoms with E-state index in [0.29, 0.717) is 0 Å². The van der Waals surface area contributed by atoms with Crippen molar-refractivity contribution in [1.82, 2.24) is 5.32 Å². The van der Waals surface area contributed by atoms with Crippen molar-refractivity contribution in [2.24, 2.45) is 17.8 Å². The topological polar surface area (TPSA) is 21.3 Å². The zero-order valence-electron chi connectivity index (χ0n) is 11.1. The lowest BCUT2D eigenvalue weighted by Crippen LogP contribution is -2.46. The molecule has 0 radical (unpaired) electrons. The van der Waals surface area contributed by atoms with Crippen LogP contribution >= 0.6 is 0 Å². The van der Waals surface area contributed by atoms with Crippen LogP contribution in [0.5, 0.6) is 0 Å². The van der Waals surface area contributed by atoms with E-state index in [1.807, 2.05) is 0 Å². The Bertz CT molecular complexity index is 215. The van der Waals surface area contributed by atoms with Gasteiger partial charge < -0.3 is 10.1 Å². The highest BCUT2D eigenvalue weighted by Gasteiger charge is 2.37. The Morgan fingerprint density at radius 2 is 1.75 bits per heavy atom. The van der Waals surface area contributed by atoms with Gasteiger partial charge >= 0.3 is 0 Å². The Morgan fingerprint density at radius 3 is 2.25 bits per heavy atom. The van der Waals surface area contributed by atoms with Crippen molar-refractivity contribution in [2.45, 2.75) is 52.0 Å². The van der Waals surface area contributed by atoms with E-state index in [2.05, 4.69) is 26.1 Å². The predicted molar refractivity (Wildman–Crippen MR) is 67.5 cm³/mol. The van der Waals surface area contributed by atoms with Crippen LogP contribution in [-0.4, -0.2) is 25.3 Å². The fourth-order valence-corrected chi connectivity index (χ4v) is 3.05. The van der Waals surface area contributed by atoms with Gasteiger partial charge in [-0.15, -0.1) is 0 Å². The van der Waals surface area contributed by atoms with E-state index >= 15 is 0 Å². The highest BCUT2D eigenvalue weighted by Crippen LogP contribution is 2.43. The molecule has 2 fully saturated rings. The van der Waals surface area contributed by atoms with Crippen molar-refractivity contribution in [1.29, 1.82) is 0 Å². The van der Waals surface area contributed by atoms with Gasteiger partial charge in [0, 0.05) is 18.8 Å². The summed E-state index contributed by atoms with van der Waals surface area (Å²) in [5.74, 6) is 2.87. The van der Waals surface area contributed by atoms with E-state index < -0.39 is 0 Å². The third kappa shape index (κ3) is 3.21. The molecule has 1 heterocycles. The first kappa shape index (κ1) is 12.4. The average Bonchev–Trinajstić information content (AvgIpc) is 2.16. The van der Waals surface area contributed by atoms with Crippen molar-refractivity contribution >= 4 is 0 Å². The minimum absolute atomic E-state index is 0.274. The van der Waals surface area contributed by atoms with Gasteiger partial charge in [-0.3, -0.25) is 0 Å². The first-order valence-corrected chi connectivity index (χ1v) is 6.89. The van der Waals surface area contributed by atoms with Crippen molar-refractivity contribution in [3.05, 3.63) is 0 Å². The summed E-state index contributed by atoms with van der Waals surface area (Å²) in [4.78, 5) is 0. The summed E-state index contributed by atoms with van der Waals surface area (Å²) in [5.41, 5.74) is 0.274. The second-order valence-electron chi connectivity index (χ2n) is 6.58. The molecule has 0 aromatic heterocycles. The molecule has 2 rings (SSSR count). The second kappa shape index (κ2) is 5.05. The van der Waals surface area contributed by atoms with Gasteiger partial charge in [0.2, 0.25) is 0 Å². The summed E-state index contributed by atoms with van der Waals surface area (Å²) in [6, 6.07) is 0. The molecule has 1 aliphatic carbocycles. The van der Waals surface area contributed by atoms with E-state index in [4.69, 9.17) is 4.74 Å². The molecular weight excluding hydrogens is 198 g/mol. The lowest BCUT2D eigenvalue weighted by atomic mass is 9.65. The largest absolute Gasteiger partial charge is 0.381 e. The van der Waals surface area contributed by atoms with Crippen LogP contribution in [0.2, 0.25) is 0 Å². The molecule has 1 saturated heterocycles. The molecule has 2 aliphatic rings.